The second-order valence-electron chi connectivity index (χ2n) is 6.43. The third-order valence-electron chi connectivity index (χ3n) is 5.09. The fraction of sp³-hybridized carbons (Fsp3) is 0.667. The summed E-state index contributed by atoms with van der Waals surface area (Å²) in [5, 5.41) is 3.72. The Morgan fingerprint density at radius 2 is 1.84 bits per heavy atom. The topological polar surface area (TPSA) is 12.0 Å². The van der Waals surface area contributed by atoms with E-state index >= 15 is 0 Å². The molecule has 0 heterocycles. The zero-order valence-corrected chi connectivity index (χ0v) is 12.0. The van der Waals surface area contributed by atoms with Gasteiger partial charge in [0.25, 0.3) is 0 Å². The van der Waals surface area contributed by atoms with Gasteiger partial charge in [-0.15, -0.1) is 0 Å². The van der Waals surface area contributed by atoms with Crippen LogP contribution >= 0.6 is 0 Å². The van der Waals surface area contributed by atoms with Gasteiger partial charge in [0.1, 0.15) is 0 Å². The Morgan fingerprint density at radius 3 is 2.74 bits per heavy atom. The van der Waals surface area contributed by atoms with Gasteiger partial charge in [0, 0.05) is 6.54 Å². The van der Waals surface area contributed by atoms with Gasteiger partial charge in [-0.2, -0.15) is 0 Å². The molecule has 0 aliphatic heterocycles. The molecule has 1 unspecified atom stereocenters. The molecule has 104 valence electrons. The number of aryl methyl sites for hydroxylation is 1. The van der Waals surface area contributed by atoms with Crippen LogP contribution in [0.5, 0.6) is 0 Å². The molecule has 1 aromatic rings. The van der Waals surface area contributed by atoms with Crippen molar-refractivity contribution in [2.45, 2.75) is 57.3 Å². The van der Waals surface area contributed by atoms with E-state index in [0.717, 1.165) is 11.8 Å². The second-order valence-corrected chi connectivity index (χ2v) is 6.43. The molecule has 0 aromatic heterocycles. The van der Waals surface area contributed by atoms with Crippen molar-refractivity contribution < 1.29 is 0 Å². The molecule has 3 rings (SSSR count). The minimum absolute atomic E-state index is 0.758. The summed E-state index contributed by atoms with van der Waals surface area (Å²) in [7, 11) is 0. The van der Waals surface area contributed by atoms with E-state index < -0.39 is 0 Å². The van der Waals surface area contributed by atoms with Crippen LogP contribution in [0.1, 0.15) is 62.0 Å². The highest BCUT2D eigenvalue weighted by atomic mass is 14.9. The molecule has 1 heteroatoms. The lowest BCUT2D eigenvalue weighted by Gasteiger charge is -2.26. The first kappa shape index (κ1) is 13.2. The predicted octanol–water partition coefficient (Wildman–Crippen LogP) is 4.28. The fourth-order valence-corrected chi connectivity index (χ4v) is 3.95. The number of hydrogen-bond acceptors (Lipinski definition) is 1. The third kappa shape index (κ3) is 3.39. The first-order valence-corrected chi connectivity index (χ1v) is 8.22. The lowest BCUT2D eigenvalue weighted by atomic mass is 9.83. The van der Waals surface area contributed by atoms with Crippen molar-refractivity contribution in [3.05, 3.63) is 35.4 Å². The number of rotatable bonds is 5. The Morgan fingerprint density at radius 1 is 1.00 bits per heavy atom. The maximum Gasteiger partial charge on any atom is 0.00202 e. The Hall–Kier alpha value is -0.820. The van der Waals surface area contributed by atoms with Crippen LogP contribution in [-0.2, 0) is 6.42 Å². The van der Waals surface area contributed by atoms with Crippen LogP contribution in [0.25, 0.3) is 0 Å². The van der Waals surface area contributed by atoms with E-state index in [1.54, 1.807) is 11.1 Å². The van der Waals surface area contributed by atoms with E-state index in [2.05, 4.69) is 29.6 Å². The molecule has 1 nitrogen and oxygen atoms in total. The van der Waals surface area contributed by atoms with Crippen LogP contribution in [0.4, 0.5) is 0 Å². The summed E-state index contributed by atoms with van der Waals surface area (Å²) in [5.74, 6) is 1.78. The quantitative estimate of drug-likeness (QED) is 0.776. The zero-order chi connectivity index (χ0) is 12.9. The van der Waals surface area contributed by atoms with Crippen molar-refractivity contribution >= 4 is 0 Å². The van der Waals surface area contributed by atoms with E-state index in [9.17, 15) is 0 Å². The van der Waals surface area contributed by atoms with Gasteiger partial charge >= 0.3 is 0 Å². The molecule has 0 radical (unpaired) electrons. The first-order chi connectivity index (χ1) is 9.43. The highest BCUT2D eigenvalue weighted by Crippen LogP contribution is 2.31. The summed E-state index contributed by atoms with van der Waals surface area (Å²) < 4.78 is 0. The van der Waals surface area contributed by atoms with Gasteiger partial charge in [0.15, 0.2) is 0 Å². The maximum atomic E-state index is 3.72. The monoisotopic (exact) mass is 257 g/mol. The van der Waals surface area contributed by atoms with E-state index in [1.165, 1.54) is 64.5 Å². The molecule has 1 atom stereocenters. The van der Waals surface area contributed by atoms with Crippen LogP contribution in [0.3, 0.4) is 0 Å². The van der Waals surface area contributed by atoms with Crippen LogP contribution in [0, 0.1) is 5.92 Å². The number of nitrogens with one attached hydrogen (secondary N) is 1. The molecule has 0 bridgehead atoms. The Kier molecular flexibility index (Phi) is 4.55. The molecule has 0 spiro atoms. The normalized spacial score (nSPS) is 23.5. The SMILES string of the molecule is c1ccc2c(c1)CCCC2CNCCC1CCCC1. The van der Waals surface area contributed by atoms with Gasteiger partial charge in [-0.25, -0.2) is 0 Å². The minimum Gasteiger partial charge on any atom is -0.316 e. The van der Waals surface area contributed by atoms with Gasteiger partial charge in [-0.1, -0.05) is 49.9 Å². The van der Waals surface area contributed by atoms with Gasteiger partial charge in [0.05, 0.1) is 0 Å². The highest BCUT2D eigenvalue weighted by Gasteiger charge is 2.19. The van der Waals surface area contributed by atoms with Gasteiger partial charge in [-0.3, -0.25) is 0 Å². The van der Waals surface area contributed by atoms with E-state index in [1.807, 2.05) is 0 Å². The maximum absolute atomic E-state index is 3.72. The minimum atomic E-state index is 0.758. The van der Waals surface area contributed by atoms with E-state index in [-0.39, 0.29) is 0 Å². The lowest BCUT2D eigenvalue weighted by Crippen LogP contribution is -2.26. The Bertz CT molecular complexity index is 392. The Labute approximate surface area is 117 Å². The van der Waals surface area contributed by atoms with E-state index in [4.69, 9.17) is 0 Å². The number of fused-ring (bicyclic) bond motifs is 1. The first-order valence-electron chi connectivity index (χ1n) is 8.22. The summed E-state index contributed by atoms with van der Waals surface area (Å²) in [6.45, 7) is 2.41. The molecular weight excluding hydrogens is 230 g/mol. The second kappa shape index (κ2) is 6.56. The van der Waals surface area contributed by atoms with Crippen molar-refractivity contribution in [3.63, 3.8) is 0 Å². The Balaban J connectivity index is 1.45. The molecule has 0 saturated heterocycles. The highest BCUT2D eigenvalue weighted by molar-refractivity contribution is 5.32. The zero-order valence-electron chi connectivity index (χ0n) is 12.0. The molecule has 1 aromatic carbocycles. The summed E-state index contributed by atoms with van der Waals surface area (Å²) in [6, 6.07) is 9.06. The molecule has 1 fully saturated rings. The third-order valence-corrected chi connectivity index (χ3v) is 5.09. The number of benzene rings is 1. The molecule has 0 amide bonds. The molecule has 19 heavy (non-hydrogen) atoms. The molecule has 2 aliphatic rings. The van der Waals surface area contributed by atoms with Crippen molar-refractivity contribution in [1.29, 1.82) is 0 Å². The van der Waals surface area contributed by atoms with Crippen LogP contribution < -0.4 is 5.32 Å². The summed E-state index contributed by atoms with van der Waals surface area (Å²) in [4.78, 5) is 0. The molecule has 2 aliphatic carbocycles. The summed E-state index contributed by atoms with van der Waals surface area (Å²) >= 11 is 0. The molecule has 1 saturated carbocycles. The van der Waals surface area contributed by atoms with Gasteiger partial charge in [-0.05, 0) is 55.2 Å². The van der Waals surface area contributed by atoms with Crippen molar-refractivity contribution in [2.75, 3.05) is 13.1 Å². The van der Waals surface area contributed by atoms with Crippen LogP contribution in [0.2, 0.25) is 0 Å². The fourth-order valence-electron chi connectivity index (χ4n) is 3.95. The summed E-state index contributed by atoms with van der Waals surface area (Å²) in [6.07, 6.45) is 11.3. The smallest absolute Gasteiger partial charge is 0.00202 e. The van der Waals surface area contributed by atoms with Crippen molar-refractivity contribution in [1.82, 2.24) is 5.32 Å². The summed E-state index contributed by atoms with van der Waals surface area (Å²) in [5.41, 5.74) is 3.21. The van der Waals surface area contributed by atoms with Gasteiger partial charge < -0.3 is 5.32 Å². The average molecular weight is 257 g/mol. The van der Waals surface area contributed by atoms with Crippen LogP contribution in [0.15, 0.2) is 24.3 Å². The average Bonchev–Trinajstić information content (AvgIpc) is 2.97. The number of hydrogen-bond donors (Lipinski definition) is 1. The van der Waals surface area contributed by atoms with Crippen LogP contribution in [-0.4, -0.2) is 13.1 Å². The molecular formula is C18H27N. The predicted molar refractivity (Wildman–Crippen MR) is 81.6 cm³/mol. The van der Waals surface area contributed by atoms with Gasteiger partial charge in [0.2, 0.25) is 0 Å². The molecule has 1 N–H and O–H groups in total. The van der Waals surface area contributed by atoms with E-state index in [0.29, 0.717) is 0 Å². The largest absolute Gasteiger partial charge is 0.316 e. The van der Waals surface area contributed by atoms with Crippen molar-refractivity contribution in [2.24, 2.45) is 5.92 Å². The lowest BCUT2D eigenvalue weighted by molar-refractivity contribution is 0.452. The van der Waals surface area contributed by atoms with Crippen molar-refractivity contribution in [3.8, 4) is 0 Å². The standard InChI is InChI=1S/C18H27N/c1-2-7-15(6-1)12-13-19-14-17-10-5-9-16-8-3-4-11-18(16)17/h3-4,8,11,15,17,19H,1-2,5-7,9-10,12-14H2.